The van der Waals surface area contributed by atoms with Crippen molar-refractivity contribution in [2.24, 2.45) is 0 Å². The van der Waals surface area contributed by atoms with Gasteiger partial charge in [-0.2, -0.15) is 0 Å². The number of hydrogen-bond donors (Lipinski definition) is 1. The van der Waals surface area contributed by atoms with Crippen LogP contribution in [0.25, 0.3) is 0 Å². The Morgan fingerprint density at radius 2 is 2.00 bits per heavy atom. The van der Waals surface area contributed by atoms with Gasteiger partial charge in [-0.25, -0.2) is 9.18 Å². The van der Waals surface area contributed by atoms with Gasteiger partial charge in [-0.1, -0.05) is 19.1 Å². The molecule has 1 aliphatic rings. The van der Waals surface area contributed by atoms with E-state index in [0.717, 1.165) is 31.4 Å². The van der Waals surface area contributed by atoms with E-state index < -0.39 is 5.60 Å². The number of nitrogens with zero attached hydrogens (tertiary/aromatic N) is 1. The van der Waals surface area contributed by atoms with E-state index in [1.165, 1.54) is 12.1 Å². The summed E-state index contributed by atoms with van der Waals surface area (Å²) in [6.07, 6.45) is 2.61. The second-order valence-corrected chi connectivity index (χ2v) is 7.84. The molecule has 0 aromatic heterocycles. The molecule has 0 bridgehead atoms. The summed E-state index contributed by atoms with van der Waals surface area (Å²) >= 11 is 0. The zero-order valence-electron chi connectivity index (χ0n) is 16.0. The van der Waals surface area contributed by atoms with Crippen molar-refractivity contribution in [2.45, 2.75) is 77.6 Å². The molecule has 1 saturated heterocycles. The third-order valence-electron chi connectivity index (χ3n) is 4.71. The van der Waals surface area contributed by atoms with Gasteiger partial charge in [0.15, 0.2) is 0 Å². The van der Waals surface area contributed by atoms with Gasteiger partial charge in [-0.05, 0) is 64.7 Å². The van der Waals surface area contributed by atoms with Gasteiger partial charge in [0.2, 0.25) is 0 Å². The highest BCUT2D eigenvalue weighted by molar-refractivity contribution is 5.68. The highest BCUT2D eigenvalue weighted by Crippen LogP contribution is 2.25. The topological polar surface area (TPSA) is 41.6 Å². The van der Waals surface area contributed by atoms with Crippen LogP contribution in [-0.4, -0.2) is 35.2 Å². The number of nitrogens with one attached hydrogen (secondary N) is 1. The zero-order valence-corrected chi connectivity index (χ0v) is 16.0. The predicted molar refractivity (Wildman–Crippen MR) is 98.0 cm³/mol. The Labute approximate surface area is 150 Å². The van der Waals surface area contributed by atoms with Crippen LogP contribution in [0.4, 0.5) is 9.18 Å². The van der Waals surface area contributed by atoms with Crippen molar-refractivity contribution in [1.29, 1.82) is 0 Å². The van der Waals surface area contributed by atoms with Gasteiger partial charge in [0, 0.05) is 24.7 Å². The number of amides is 1. The minimum atomic E-state index is -0.489. The molecule has 0 spiro atoms. The fourth-order valence-corrected chi connectivity index (χ4v) is 3.35. The summed E-state index contributed by atoms with van der Waals surface area (Å²) in [7, 11) is 0. The third-order valence-corrected chi connectivity index (χ3v) is 4.71. The van der Waals surface area contributed by atoms with Crippen molar-refractivity contribution in [3.05, 3.63) is 35.6 Å². The van der Waals surface area contributed by atoms with Gasteiger partial charge in [0.25, 0.3) is 0 Å². The van der Waals surface area contributed by atoms with Gasteiger partial charge in [0.05, 0.1) is 0 Å². The molecule has 1 heterocycles. The Bertz CT molecular complexity index is 568. The molecule has 0 radical (unpaired) electrons. The van der Waals surface area contributed by atoms with Crippen LogP contribution in [0, 0.1) is 5.82 Å². The van der Waals surface area contributed by atoms with Gasteiger partial charge < -0.3 is 15.0 Å². The minimum Gasteiger partial charge on any atom is -0.444 e. The Hall–Kier alpha value is -1.62. The SMILES string of the molecule is CCC(NC1CCCN(C(=O)OC(C)(C)C)C1C)c1ccc(F)cc1. The molecular weight excluding hydrogens is 319 g/mol. The number of rotatable bonds is 4. The maximum atomic E-state index is 13.2. The molecule has 4 nitrogen and oxygen atoms in total. The normalized spacial score (nSPS) is 22.6. The van der Waals surface area contributed by atoms with Gasteiger partial charge in [-0.3, -0.25) is 0 Å². The average molecular weight is 350 g/mol. The van der Waals surface area contributed by atoms with E-state index in [-0.39, 0.29) is 30.0 Å². The van der Waals surface area contributed by atoms with Crippen LogP contribution in [0.1, 0.15) is 65.5 Å². The molecule has 5 heteroatoms. The lowest BCUT2D eigenvalue weighted by atomic mass is 9.95. The summed E-state index contributed by atoms with van der Waals surface area (Å²) in [5, 5.41) is 3.67. The van der Waals surface area contributed by atoms with Crippen molar-refractivity contribution in [2.75, 3.05) is 6.54 Å². The molecule has 1 fully saturated rings. The molecule has 0 saturated carbocycles. The van der Waals surface area contributed by atoms with Crippen molar-refractivity contribution >= 4 is 6.09 Å². The molecule has 1 N–H and O–H groups in total. The number of ether oxygens (including phenoxy) is 1. The number of hydrogen-bond acceptors (Lipinski definition) is 3. The summed E-state index contributed by atoms with van der Waals surface area (Å²) in [6, 6.07) is 7.04. The fraction of sp³-hybridized carbons (Fsp3) is 0.650. The molecule has 0 aliphatic carbocycles. The third kappa shape index (κ3) is 5.43. The quantitative estimate of drug-likeness (QED) is 0.859. The summed E-state index contributed by atoms with van der Waals surface area (Å²) < 4.78 is 18.7. The molecule has 1 aromatic rings. The maximum Gasteiger partial charge on any atom is 0.410 e. The summed E-state index contributed by atoms with van der Waals surface area (Å²) in [4.78, 5) is 14.3. The van der Waals surface area contributed by atoms with Gasteiger partial charge in [-0.15, -0.1) is 0 Å². The highest BCUT2D eigenvalue weighted by Gasteiger charge is 2.34. The van der Waals surface area contributed by atoms with E-state index in [9.17, 15) is 9.18 Å². The van der Waals surface area contributed by atoms with Crippen LogP contribution in [-0.2, 0) is 4.74 Å². The molecule has 140 valence electrons. The number of carbonyl (C=O) groups excluding carboxylic acids is 1. The van der Waals surface area contributed by atoms with Crippen LogP contribution in [0.5, 0.6) is 0 Å². The largest absolute Gasteiger partial charge is 0.444 e. The van der Waals surface area contributed by atoms with Crippen molar-refractivity contribution < 1.29 is 13.9 Å². The lowest BCUT2D eigenvalue weighted by Crippen LogP contribution is -2.55. The van der Waals surface area contributed by atoms with Crippen LogP contribution in [0.3, 0.4) is 0 Å². The van der Waals surface area contributed by atoms with E-state index in [1.807, 2.05) is 37.8 Å². The first-order valence-corrected chi connectivity index (χ1v) is 9.22. The molecule has 3 atom stereocenters. The number of likely N-dealkylation sites (tertiary alicyclic amines) is 1. The van der Waals surface area contributed by atoms with Crippen molar-refractivity contribution in [1.82, 2.24) is 10.2 Å². The predicted octanol–water partition coefficient (Wildman–Crippen LogP) is 4.65. The number of benzene rings is 1. The Morgan fingerprint density at radius 3 is 2.56 bits per heavy atom. The molecule has 1 aliphatic heterocycles. The average Bonchev–Trinajstić information content (AvgIpc) is 2.53. The Morgan fingerprint density at radius 1 is 1.36 bits per heavy atom. The molecular formula is C20H31FN2O2. The van der Waals surface area contributed by atoms with E-state index in [4.69, 9.17) is 4.74 Å². The molecule has 1 aromatic carbocycles. The standard InChI is InChI=1S/C20H31FN2O2/c1-6-17(15-9-11-16(21)12-10-15)22-18-8-7-13-23(14(18)2)19(24)25-20(3,4)5/h9-12,14,17-18,22H,6-8,13H2,1-5H3. The van der Waals surface area contributed by atoms with Gasteiger partial charge >= 0.3 is 6.09 Å². The first-order valence-electron chi connectivity index (χ1n) is 9.22. The lowest BCUT2D eigenvalue weighted by molar-refractivity contribution is 0.00626. The smallest absolute Gasteiger partial charge is 0.410 e. The van der Waals surface area contributed by atoms with Gasteiger partial charge in [0.1, 0.15) is 11.4 Å². The van der Waals surface area contributed by atoms with Crippen LogP contribution < -0.4 is 5.32 Å². The highest BCUT2D eigenvalue weighted by atomic mass is 19.1. The molecule has 3 unspecified atom stereocenters. The van der Waals surface area contributed by atoms with E-state index in [0.29, 0.717) is 0 Å². The van der Waals surface area contributed by atoms with Crippen LogP contribution in [0.15, 0.2) is 24.3 Å². The van der Waals surface area contributed by atoms with E-state index >= 15 is 0 Å². The fourth-order valence-electron chi connectivity index (χ4n) is 3.35. The first kappa shape index (κ1) is 19.7. The number of carbonyl (C=O) groups is 1. The monoisotopic (exact) mass is 350 g/mol. The number of piperidine rings is 1. The van der Waals surface area contributed by atoms with Crippen molar-refractivity contribution in [3.8, 4) is 0 Å². The lowest BCUT2D eigenvalue weighted by Gasteiger charge is -2.41. The summed E-state index contributed by atoms with van der Waals surface area (Å²) in [6.45, 7) is 10.6. The number of halogens is 1. The Balaban J connectivity index is 2.05. The van der Waals surface area contributed by atoms with E-state index in [1.54, 1.807) is 0 Å². The van der Waals surface area contributed by atoms with Crippen molar-refractivity contribution in [3.63, 3.8) is 0 Å². The summed E-state index contributed by atoms with van der Waals surface area (Å²) in [5.74, 6) is -0.222. The second kappa shape index (κ2) is 8.17. The van der Waals surface area contributed by atoms with Crippen LogP contribution >= 0.6 is 0 Å². The first-order chi connectivity index (χ1) is 11.7. The molecule has 2 rings (SSSR count). The Kier molecular flexibility index (Phi) is 6.44. The van der Waals surface area contributed by atoms with E-state index in [2.05, 4.69) is 19.2 Å². The second-order valence-electron chi connectivity index (χ2n) is 7.84. The molecule has 25 heavy (non-hydrogen) atoms. The maximum absolute atomic E-state index is 13.2. The van der Waals surface area contributed by atoms with Crippen LogP contribution in [0.2, 0.25) is 0 Å². The zero-order chi connectivity index (χ0) is 18.6. The minimum absolute atomic E-state index is 0.0538. The summed E-state index contributed by atoms with van der Waals surface area (Å²) in [5.41, 5.74) is 0.586. The molecule has 1 amide bonds.